The number of benzene rings is 3. The molecule has 4 rings (SSSR count). The summed E-state index contributed by atoms with van der Waals surface area (Å²) in [6.45, 7) is 5.48. The minimum atomic E-state index is 0.0183. The highest BCUT2D eigenvalue weighted by molar-refractivity contribution is 6.35. The van der Waals surface area contributed by atoms with Crippen molar-refractivity contribution < 1.29 is 14.3 Å². The zero-order chi connectivity index (χ0) is 21.8. The Bertz CT molecular complexity index is 1120. The van der Waals surface area contributed by atoms with Gasteiger partial charge in [0.05, 0.1) is 12.3 Å². The lowest BCUT2D eigenvalue weighted by Crippen LogP contribution is -2.25. The maximum absolute atomic E-state index is 13.0. The molecular formula is C26H24ClNO3. The lowest BCUT2D eigenvalue weighted by Gasteiger charge is -2.14. The van der Waals surface area contributed by atoms with Gasteiger partial charge < -0.3 is 14.4 Å². The number of ether oxygens (including phenoxy) is 2. The highest BCUT2D eigenvalue weighted by Gasteiger charge is 2.30. The molecule has 0 unspecified atom stereocenters. The molecular weight excluding hydrogens is 410 g/mol. The molecule has 31 heavy (non-hydrogen) atoms. The summed E-state index contributed by atoms with van der Waals surface area (Å²) < 4.78 is 11.8. The lowest BCUT2D eigenvalue weighted by molar-refractivity contribution is -0.112. The second kappa shape index (κ2) is 9.27. The first kappa shape index (κ1) is 21.0. The number of nitrogens with zero attached hydrogens (tertiary/aromatic N) is 1. The van der Waals surface area contributed by atoms with Crippen LogP contribution in [0.2, 0.25) is 5.02 Å². The molecule has 5 heteroatoms. The Kier molecular flexibility index (Phi) is 6.28. The number of hydrogen-bond donors (Lipinski definition) is 0. The second-order valence-corrected chi connectivity index (χ2v) is 7.62. The third-order valence-electron chi connectivity index (χ3n) is 5.16. The lowest BCUT2D eigenvalue weighted by atomic mass is 10.0. The van der Waals surface area contributed by atoms with Crippen LogP contribution in [-0.2, 0) is 11.4 Å². The average Bonchev–Trinajstić information content (AvgIpc) is 3.05. The maximum Gasteiger partial charge on any atom is 0.258 e. The fourth-order valence-electron chi connectivity index (χ4n) is 3.67. The van der Waals surface area contributed by atoms with Crippen LogP contribution < -0.4 is 14.4 Å². The van der Waals surface area contributed by atoms with Crippen molar-refractivity contribution in [2.24, 2.45) is 0 Å². The quantitative estimate of drug-likeness (QED) is 0.415. The molecule has 0 spiro atoms. The number of halogens is 1. The summed E-state index contributed by atoms with van der Waals surface area (Å²) in [7, 11) is 0. The van der Waals surface area contributed by atoms with Gasteiger partial charge in [-0.05, 0) is 61.4 Å². The van der Waals surface area contributed by atoms with E-state index in [1.54, 1.807) is 4.90 Å². The zero-order valence-electron chi connectivity index (χ0n) is 17.6. The van der Waals surface area contributed by atoms with Crippen molar-refractivity contribution in [2.75, 3.05) is 18.1 Å². The summed E-state index contributed by atoms with van der Waals surface area (Å²) in [5, 5.41) is 0.695. The fourth-order valence-corrected chi connectivity index (χ4v) is 3.80. The van der Waals surface area contributed by atoms with Crippen LogP contribution in [-0.4, -0.2) is 19.1 Å². The van der Waals surface area contributed by atoms with E-state index in [2.05, 4.69) is 0 Å². The molecule has 0 saturated carbocycles. The predicted octanol–water partition coefficient (Wildman–Crippen LogP) is 6.22. The molecule has 1 aliphatic rings. The Hall–Kier alpha value is -3.24. The van der Waals surface area contributed by atoms with E-state index in [-0.39, 0.29) is 5.91 Å². The van der Waals surface area contributed by atoms with Gasteiger partial charge in [0.1, 0.15) is 6.61 Å². The smallest absolute Gasteiger partial charge is 0.258 e. The number of para-hydroxylation sites is 1. The van der Waals surface area contributed by atoms with Crippen molar-refractivity contribution in [2.45, 2.75) is 20.5 Å². The molecule has 158 valence electrons. The number of amides is 1. The molecule has 0 N–H and O–H groups in total. The number of carbonyl (C=O) groups excluding carboxylic acids is 1. The highest BCUT2D eigenvalue weighted by Crippen LogP contribution is 2.38. The molecule has 0 bridgehead atoms. The molecule has 0 saturated heterocycles. The summed E-state index contributed by atoms with van der Waals surface area (Å²) in [5.41, 5.74) is 4.50. The van der Waals surface area contributed by atoms with Crippen molar-refractivity contribution in [3.63, 3.8) is 0 Å². The molecule has 0 radical (unpaired) electrons. The number of hydrogen-bond acceptors (Lipinski definition) is 3. The Morgan fingerprint density at radius 1 is 0.935 bits per heavy atom. The van der Waals surface area contributed by atoms with E-state index >= 15 is 0 Å². The van der Waals surface area contributed by atoms with E-state index in [9.17, 15) is 4.79 Å². The van der Waals surface area contributed by atoms with Gasteiger partial charge in [-0.3, -0.25) is 4.79 Å². The molecule has 4 nitrogen and oxygen atoms in total. The number of anilines is 1. The molecule has 1 amide bonds. The minimum Gasteiger partial charge on any atom is -0.490 e. The van der Waals surface area contributed by atoms with Gasteiger partial charge in [-0.1, -0.05) is 48.0 Å². The van der Waals surface area contributed by atoms with Crippen LogP contribution in [0.25, 0.3) is 11.6 Å². The average molecular weight is 434 g/mol. The predicted molar refractivity (Wildman–Crippen MR) is 126 cm³/mol. The van der Waals surface area contributed by atoms with Gasteiger partial charge in [-0.2, -0.15) is 0 Å². The molecule has 0 aliphatic carbocycles. The number of rotatable bonds is 7. The van der Waals surface area contributed by atoms with Crippen molar-refractivity contribution in [1.82, 2.24) is 0 Å². The van der Waals surface area contributed by atoms with Gasteiger partial charge in [0.15, 0.2) is 11.5 Å². The van der Waals surface area contributed by atoms with E-state index in [4.69, 9.17) is 21.1 Å². The largest absolute Gasteiger partial charge is 0.490 e. The number of carbonyl (C=O) groups is 1. The Labute approximate surface area is 187 Å². The van der Waals surface area contributed by atoms with E-state index in [0.29, 0.717) is 41.9 Å². The van der Waals surface area contributed by atoms with Crippen LogP contribution in [0.15, 0.2) is 66.7 Å². The van der Waals surface area contributed by atoms with Crippen LogP contribution in [0.5, 0.6) is 11.5 Å². The molecule has 0 atom stereocenters. The van der Waals surface area contributed by atoms with E-state index in [0.717, 1.165) is 22.4 Å². The Morgan fingerprint density at radius 3 is 2.45 bits per heavy atom. The van der Waals surface area contributed by atoms with Crippen molar-refractivity contribution in [3.8, 4) is 11.5 Å². The fraction of sp³-hybridized carbons (Fsp3) is 0.192. The first-order valence-corrected chi connectivity index (χ1v) is 10.8. The molecule has 1 aliphatic heterocycles. The molecule has 3 aromatic carbocycles. The summed E-state index contributed by atoms with van der Waals surface area (Å²) >= 11 is 5.95. The Morgan fingerprint density at radius 2 is 1.71 bits per heavy atom. The third-order valence-corrected chi connectivity index (χ3v) is 5.41. The van der Waals surface area contributed by atoms with Gasteiger partial charge >= 0.3 is 0 Å². The van der Waals surface area contributed by atoms with Gasteiger partial charge in [0, 0.05) is 22.7 Å². The van der Waals surface area contributed by atoms with E-state index in [1.807, 2.05) is 86.7 Å². The Balaban J connectivity index is 1.62. The normalized spacial score (nSPS) is 14.1. The zero-order valence-corrected chi connectivity index (χ0v) is 18.4. The first-order valence-electron chi connectivity index (χ1n) is 10.4. The van der Waals surface area contributed by atoms with Gasteiger partial charge in [0.2, 0.25) is 0 Å². The maximum atomic E-state index is 13.0. The van der Waals surface area contributed by atoms with Crippen LogP contribution in [0.3, 0.4) is 0 Å². The van der Waals surface area contributed by atoms with Crippen LogP contribution >= 0.6 is 11.6 Å². The summed E-state index contributed by atoms with van der Waals surface area (Å²) in [4.78, 5) is 14.8. The highest BCUT2D eigenvalue weighted by atomic mass is 35.5. The monoisotopic (exact) mass is 433 g/mol. The van der Waals surface area contributed by atoms with Gasteiger partial charge in [-0.15, -0.1) is 0 Å². The molecule has 1 heterocycles. The van der Waals surface area contributed by atoms with Gasteiger partial charge in [-0.25, -0.2) is 0 Å². The third kappa shape index (κ3) is 4.44. The van der Waals surface area contributed by atoms with E-state index < -0.39 is 0 Å². The topological polar surface area (TPSA) is 38.8 Å². The number of fused-ring (bicyclic) bond motifs is 1. The molecule has 0 aromatic heterocycles. The van der Waals surface area contributed by atoms with Gasteiger partial charge in [0.25, 0.3) is 5.91 Å². The first-order chi connectivity index (χ1) is 15.1. The number of likely N-dealkylation sites (N-methyl/N-ethyl adjacent to an activating group) is 1. The minimum absolute atomic E-state index is 0.0183. The van der Waals surface area contributed by atoms with Crippen LogP contribution in [0, 0.1) is 0 Å². The summed E-state index contributed by atoms with van der Waals surface area (Å²) in [5.74, 6) is 1.33. The summed E-state index contributed by atoms with van der Waals surface area (Å²) in [6.07, 6.45) is 1.92. The van der Waals surface area contributed by atoms with Crippen molar-refractivity contribution in [1.29, 1.82) is 0 Å². The standard InChI is InChI=1S/C26H24ClNO3/c1-3-28-23-8-6-5-7-21(23)22(26(28)29)15-19-11-14-24(25(16-19)30-4-2)31-17-18-9-12-20(27)13-10-18/h5-16H,3-4,17H2,1-2H3/b22-15-. The molecule has 3 aromatic rings. The molecule has 0 fully saturated rings. The van der Waals surface area contributed by atoms with Crippen LogP contribution in [0.4, 0.5) is 5.69 Å². The van der Waals surface area contributed by atoms with Crippen molar-refractivity contribution >= 4 is 34.8 Å². The second-order valence-electron chi connectivity index (χ2n) is 7.18. The van der Waals surface area contributed by atoms with Crippen molar-refractivity contribution in [3.05, 3.63) is 88.4 Å². The SMILES string of the molecule is CCOc1cc(/C=C2\C(=O)N(CC)c3ccccc32)ccc1OCc1ccc(Cl)cc1. The van der Waals surface area contributed by atoms with Crippen LogP contribution in [0.1, 0.15) is 30.5 Å². The van der Waals surface area contributed by atoms with E-state index in [1.165, 1.54) is 0 Å². The summed E-state index contributed by atoms with van der Waals surface area (Å²) in [6, 6.07) is 21.2.